The summed E-state index contributed by atoms with van der Waals surface area (Å²) in [5, 5.41) is 3.35. The van der Waals surface area contributed by atoms with E-state index >= 15 is 0 Å². The van der Waals surface area contributed by atoms with Crippen molar-refractivity contribution in [2.75, 3.05) is 32.1 Å². The molecule has 5 nitrogen and oxygen atoms in total. The number of pyridine rings is 1. The van der Waals surface area contributed by atoms with Crippen LogP contribution >= 0.6 is 0 Å². The van der Waals surface area contributed by atoms with Gasteiger partial charge in [-0.3, -0.25) is 4.79 Å². The zero-order chi connectivity index (χ0) is 18.4. The Kier molecular flexibility index (Phi) is 6.10. The van der Waals surface area contributed by atoms with E-state index in [0.29, 0.717) is 11.6 Å². The lowest BCUT2D eigenvalue weighted by molar-refractivity contribution is 0.0677. The summed E-state index contributed by atoms with van der Waals surface area (Å²) in [5.41, 5.74) is 2.61. The minimum absolute atomic E-state index is 0.0390. The van der Waals surface area contributed by atoms with Gasteiger partial charge in [0.15, 0.2) is 0 Å². The number of anilines is 1. The number of carbonyl (C=O) groups excluding carboxylic acids is 1. The molecule has 1 saturated heterocycles. The maximum Gasteiger partial charge on any atom is 0.272 e. The smallest absolute Gasteiger partial charge is 0.272 e. The molecule has 0 radical (unpaired) electrons. The Bertz CT molecular complexity index is 730. The quantitative estimate of drug-likeness (QED) is 0.862. The number of nitrogens with one attached hydrogen (secondary N) is 1. The molecular formula is C21H27N3O2. The van der Waals surface area contributed by atoms with Crippen LogP contribution in [0.5, 0.6) is 5.75 Å². The minimum Gasteiger partial charge on any atom is -0.496 e. The van der Waals surface area contributed by atoms with Gasteiger partial charge < -0.3 is 15.0 Å². The van der Waals surface area contributed by atoms with Crippen LogP contribution in [0.25, 0.3) is 0 Å². The van der Waals surface area contributed by atoms with Gasteiger partial charge in [-0.1, -0.05) is 25.1 Å². The summed E-state index contributed by atoms with van der Waals surface area (Å²) in [6.07, 6.45) is 4.88. The zero-order valence-electron chi connectivity index (χ0n) is 15.6. The minimum atomic E-state index is 0.0390. The maximum absolute atomic E-state index is 12.6. The van der Waals surface area contributed by atoms with Crippen molar-refractivity contribution in [3.05, 3.63) is 53.9 Å². The van der Waals surface area contributed by atoms with Gasteiger partial charge >= 0.3 is 0 Å². The second kappa shape index (κ2) is 8.70. The fourth-order valence-corrected chi connectivity index (χ4v) is 3.41. The molecule has 2 aromatic rings. The Balaban J connectivity index is 1.53. The monoisotopic (exact) mass is 353 g/mol. The van der Waals surface area contributed by atoms with Gasteiger partial charge in [-0.05, 0) is 48.9 Å². The lowest BCUT2D eigenvalue weighted by Gasteiger charge is -2.30. The first kappa shape index (κ1) is 18.2. The highest BCUT2D eigenvalue weighted by molar-refractivity contribution is 5.92. The molecule has 1 unspecified atom stereocenters. The molecule has 1 atom stereocenters. The number of rotatable bonds is 6. The molecule has 138 valence electrons. The van der Waals surface area contributed by atoms with Gasteiger partial charge in [-0.25, -0.2) is 4.98 Å². The number of methoxy groups -OCH3 is 1. The molecule has 1 fully saturated rings. The van der Waals surface area contributed by atoms with Crippen LogP contribution in [0.4, 0.5) is 5.69 Å². The maximum atomic E-state index is 12.6. The molecule has 5 heteroatoms. The largest absolute Gasteiger partial charge is 0.496 e. The van der Waals surface area contributed by atoms with Crippen LogP contribution in [-0.2, 0) is 6.42 Å². The highest BCUT2D eigenvalue weighted by Crippen LogP contribution is 2.19. The van der Waals surface area contributed by atoms with Gasteiger partial charge in [0.1, 0.15) is 11.4 Å². The van der Waals surface area contributed by atoms with Crippen molar-refractivity contribution in [2.45, 2.75) is 26.2 Å². The predicted octanol–water partition coefficient (Wildman–Crippen LogP) is 3.62. The molecule has 26 heavy (non-hydrogen) atoms. The zero-order valence-corrected chi connectivity index (χ0v) is 15.6. The molecule has 1 aromatic heterocycles. The average molecular weight is 353 g/mol. The first-order valence-corrected chi connectivity index (χ1v) is 9.28. The van der Waals surface area contributed by atoms with Crippen molar-refractivity contribution in [2.24, 2.45) is 5.92 Å². The summed E-state index contributed by atoms with van der Waals surface area (Å²) in [6.45, 7) is 4.64. The molecule has 0 saturated carbocycles. The van der Waals surface area contributed by atoms with E-state index in [1.54, 1.807) is 13.3 Å². The summed E-state index contributed by atoms with van der Waals surface area (Å²) in [7, 11) is 1.69. The third-order valence-corrected chi connectivity index (χ3v) is 4.84. The van der Waals surface area contributed by atoms with Crippen molar-refractivity contribution < 1.29 is 9.53 Å². The number of hydrogen-bond acceptors (Lipinski definition) is 4. The summed E-state index contributed by atoms with van der Waals surface area (Å²) < 4.78 is 5.37. The highest BCUT2D eigenvalue weighted by atomic mass is 16.5. The van der Waals surface area contributed by atoms with Crippen molar-refractivity contribution in [1.82, 2.24) is 9.88 Å². The fourth-order valence-electron chi connectivity index (χ4n) is 3.41. The third-order valence-electron chi connectivity index (χ3n) is 4.84. The molecule has 1 aliphatic heterocycles. The number of piperidine rings is 1. The predicted molar refractivity (Wildman–Crippen MR) is 104 cm³/mol. The number of hydrogen-bond donors (Lipinski definition) is 1. The van der Waals surface area contributed by atoms with E-state index in [4.69, 9.17) is 4.74 Å². The molecule has 1 N–H and O–H groups in total. The van der Waals surface area contributed by atoms with Crippen LogP contribution in [0.2, 0.25) is 0 Å². The summed E-state index contributed by atoms with van der Waals surface area (Å²) >= 11 is 0. The molecule has 0 aliphatic carbocycles. The van der Waals surface area contributed by atoms with Crippen LogP contribution < -0.4 is 10.1 Å². The standard InChI is InChI=1S/C21H27N3O2/c1-16-6-5-13-24(15-16)21(25)19-10-9-18(14-23-19)22-12-11-17-7-3-4-8-20(17)26-2/h3-4,7-10,14,16,22H,5-6,11-13,15H2,1-2H3. The third kappa shape index (κ3) is 4.54. The number of ether oxygens (including phenoxy) is 1. The van der Waals surface area contributed by atoms with E-state index in [9.17, 15) is 4.79 Å². The molecule has 3 rings (SSSR count). The van der Waals surface area contributed by atoms with Crippen LogP contribution in [0, 0.1) is 5.92 Å². The van der Waals surface area contributed by atoms with Crippen molar-refractivity contribution in [1.29, 1.82) is 0 Å². The SMILES string of the molecule is COc1ccccc1CCNc1ccc(C(=O)N2CCCC(C)C2)nc1. The number of carbonyl (C=O) groups is 1. The topological polar surface area (TPSA) is 54.5 Å². The summed E-state index contributed by atoms with van der Waals surface area (Å²) in [5.74, 6) is 1.52. The number of benzene rings is 1. The number of likely N-dealkylation sites (tertiary alicyclic amines) is 1. The van der Waals surface area contributed by atoms with Gasteiger partial charge in [-0.2, -0.15) is 0 Å². The van der Waals surface area contributed by atoms with Gasteiger partial charge in [0.05, 0.1) is 19.0 Å². The number of para-hydroxylation sites is 1. The van der Waals surface area contributed by atoms with Crippen LogP contribution in [0.1, 0.15) is 35.8 Å². The Morgan fingerprint density at radius 2 is 2.15 bits per heavy atom. The normalized spacial score (nSPS) is 17.0. The first-order chi connectivity index (χ1) is 12.7. The first-order valence-electron chi connectivity index (χ1n) is 9.28. The lowest BCUT2D eigenvalue weighted by atomic mass is 10.00. The lowest BCUT2D eigenvalue weighted by Crippen LogP contribution is -2.39. The second-order valence-electron chi connectivity index (χ2n) is 6.92. The summed E-state index contributed by atoms with van der Waals surface area (Å²) in [4.78, 5) is 18.8. The molecule has 1 aromatic carbocycles. The Labute approximate surface area is 155 Å². The second-order valence-corrected chi connectivity index (χ2v) is 6.92. The fraction of sp³-hybridized carbons (Fsp3) is 0.429. The number of amides is 1. The van der Waals surface area contributed by atoms with E-state index in [-0.39, 0.29) is 5.91 Å². The van der Waals surface area contributed by atoms with Gasteiger partial charge in [0.25, 0.3) is 5.91 Å². The molecular weight excluding hydrogens is 326 g/mol. The van der Waals surface area contributed by atoms with E-state index in [1.807, 2.05) is 35.2 Å². The van der Waals surface area contributed by atoms with Gasteiger partial charge in [0.2, 0.25) is 0 Å². The Morgan fingerprint density at radius 1 is 1.31 bits per heavy atom. The highest BCUT2D eigenvalue weighted by Gasteiger charge is 2.22. The molecule has 0 spiro atoms. The van der Waals surface area contributed by atoms with Gasteiger partial charge in [0, 0.05) is 19.6 Å². The van der Waals surface area contributed by atoms with E-state index < -0.39 is 0 Å². The van der Waals surface area contributed by atoms with Crippen LogP contribution in [0.15, 0.2) is 42.6 Å². The molecule has 1 aliphatic rings. The van der Waals surface area contributed by atoms with Gasteiger partial charge in [-0.15, -0.1) is 0 Å². The molecule has 2 heterocycles. The van der Waals surface area contributed by atoms with E-state index in [0.717, 1.165) is 43.9 Å². The number of aromatic nitrogens is 1. The van der Waals surface area contributed by atoms with E-state index in [2.05, 4.69) is 23.3 Å². The van der Waals surface area contributed by atoms with Crippen molar-refractivity contribution >= 4 is 11.6 Å². The van der Waals surface area contributed by atoms with Crippen LogP contribution in [0.3, 0.4) is 0 Å². The molecule has 0 bridgehead atoms. The summed E-state index contributed by atoms with van der Waals surface area (Å²) in [6, 6.07) is 11.8. The van der Waals surface area contributed by atoms with Crippen molar-refractivity contribution in [3.8, 4) is 5.75 Å². The van der Waals surface area contributed by atoms with Crippen molar-refractivity contribution in [3.63, 3.8) is 0 Å². The Hall–Kier alpha value is -2.56. The average Bonchev–Trinajstić information content (AvgIpc) is 2.68. The molecule has 1 amide bonds. The van der Waals surface area contributed by atoms with Crippen LogP contribution in [-0.4, -0.2) is 42.5 Å². The van der Waals surface area contributed by atoms with E-state index in [1.165, 1.54) is 12.0 Å². The Morgan fingerprint density at radius 3 is 2.88 bits per heavy atom. The number of nitrogens with zero attached hydrogens (tertiary/aromatic N) is 2.